The van der Waals surface area contributed by atoms with Crippen molar-refractivity contribution in [2.45, 2.75) is 6.10 Å². The first-order valence-corrected chi connectivity index (χ1v) is 8.41. The van der Waals surface area contributed by atoms with E-state index in [9.17, 15) is 13.2 Å². The summed E-state index contributed by atoms with van der Waals surface area (Å²) in [6, 6.07) is 6.02. The van der Waals surface area contributed by atoms with Crippen LogP contribution < -0.4 is 4.74 Å². The summed E-state index contributed by atoms with van der Waals surface area (Å²) in [6.07, 6.45) is -0.391. The minimum Gasteiger partial charge on any atom is -0.487 e. The van der Waals surface area contributed by atoms with Crippen molar-refractivity contribution in [3.05, 3.63) is 35.0 Å². The minimum atomic E-state index is -2.97. The Morgan fingerprint density at radius 3 is 2.64 bits per heavy atom. The molecule has 3 rings (SSSR count). The average Bonchev–Trinajstić information content (AvgIpc) is 2.88. The van der Waals surface area contributed by atoms with E-state index in [4.69, 9.17) is 26.0 Å². The number of carbonyl (C=O) groups is 1. The lowest BCUT2D eigenvalue weighted by Crippen LogP contribution is -2.45. The molecule has 1 aliphatic heterocycles. The first kappa shape index (κ1) is 14.9. The van der Waals surface area contributed by atoms with Crippen molar-refractivity contribution in [1.82, 2.24) is 5.16 Å². The number of aromatic nitrogens is 1. The third kappa shape index (κ3) is 2.93. The molecule has 1 aromatic carbocycles. The number of benzene rings is 1. The lowest BCUT2D eigenvalue weighted by atomic mass is 10.1. The topological polar surface area (TPSA) is 107 Å². The van der Waals surface area contributed by atoms with Gasteiger partial charge in [0, 0.05) is 11.6 Å². The summed E-state index contributed by atoms with van der Waals surface area (Å²) < 4.78 is 32.6. The molecule has 1 N–H and O–H groups in total. The largest absolute Gasteiger partial charge is 0.487 e. The van der Waals surface area contributed by atoms with Crippen molar-refractivity contribution >= 4 is 27.4 Å². The van der Waals surface area contributed by atoms with E-state index in [0.717, 1.165) is 0 Å². The number of ether oxygens (including phenoxy) is 1. The second-order valence-electron chi connectivity index (χ2n) is 4.84. The molecule has 2 heterocycles. The van der Waals surface area contributed by atoms with E-state index in [1.54, 1.807) is 12.1 Å². The molecule has 0 aliphatic carbocycles. The number of carboxylic acid groups (broad SMARTS) is 1. The van der Waals surface area contributed by atoms with Gasteiger partial charge in [0.2, 0.25) is 0 Å². The molecule has 7 nitrogen and oxygen atoms in total. The minimum absolute atomic E-state index is 0.0187. The van der Waals surface area contributed by atoms with Crippen molar-refractivity contribution in [2.75, 3.05) is 11.5 Å². The van der Waals surface area contributed by atoms with Crippen LogP contribution >= 0.6 is 11.6 Å². The fourth-order valence-electron chi connectivity index (χ4n) is 2.03. The van der Waals surface area contributed by atoms with Crippen LogP contribution in [-0.4, -0.2) is 42.3 Å². The molecule has 0 saturated carbocycles. The van der Waals surface area contributed by atoms with Crippen LogP contribution in [0.25, 0.3) is 11.3 Å². The molecule has 9 heteroatoms. The van der Waals surface area contributed by atoms with Crippen LogP contribution in [0.15, 0.2) is 28.8 Å². The van der Waals surface area contributed by atoms with E-state index in [1.165, 1.54) is 12.1 Å². The molecular formula is C13H10ClNO6S. The predicted octanol–water partition coefficient (Wildman–Crippen LogP) is 1.87. The van der Waals surface area contributed by atoms with Gasteiger partial charge in [0.15, 0.2) is 21.3 Å². The zero-order valence-electron chi connectivity index (χ0n) is 11.0. The Bertz CT molecular complexity index is 832. The third-order valence-electron chi connectivity index (χ3n) is 3.12. The quantitative estimate of drug-likeness (QED) is 0.902. The summed E-state index contributed by atoms with van der Waals surface area (Å²) in [5.74, 6) is -0.600. The first-order chi connectivity index (χ1) is 10.3. The highest BCUT2D eigenvalue weighted by Gasteiger charge is 2.35. The Labute approximate surface area is 130 Å². The Morgan fingerprint density at radius 2 is 2.09 bits per heavy atom. The zero-order chi connectivity index (χ0) is 15.9. The van der Waals surface area contributed by atoms with Crippen LogP contribution in [-0.2, 0) is 9.84 Å². The van der Waals surface area contributed by atoms with E-state index >= 15 is 0 Å². The van der Waals surface area contributed by atoms with Gasteiger partial charge in [0.1, 0.15) is 11.9 Å². The van der Waals surface area contributed by atoms with Crippen molar-refractivity contribution in [1.29, 1.82) is 0 Å². The maximum Gasteiger partial charge on any atom is 0.358 e. The molecule has 0 amide bonds. The van der Waals surface area contributed by atoms with Crippen LogP contribution in [0.5, 0.6) is 5.75 Å². The van der Waals surface area contributed by atoms with Gasteiger partial charge in [-0.15, -0.1) is 0 Å². The van der Waals surface area contributed by atoms with E-state index in [1.807, 2.05) is 0 Å². The number of hydrogen-bond acceptors (Lipinski definition) is 6. The monoisotopic (exact) mass is 343 g/mol. The second kappa shape index (κ2) is 5.29. The van der Waals surface area contributed by atoms with E-state index < -0.39 is 21.9 Å². The van der Waals surface area contributed by atoms with Crippen molar-refractivity contribution in [3.63, 3.8) is 0 Å². The molecule has 1 aromatic heterocycles. The third-order valence-corrected chi connectivity index (χ3v) is 5.17. The highest BCUT2D eigenvalue weighted by Crippen LogP contribution is 2.32. The van der Waals surface area contributed by atoms with Crippen LogP contribution in [0, 0.1) is 0 Å². The number of rotatable bonds is 4. The molecule has 1 saturated heterocycles. The Morgan fingerprint density at radius 1 is 1.36 bits per heavy atom. The lowest BCUT2D eigenvalue weighted by molar-refractivity contribution is 0.0686. The van der Waals surface area contributed by atoms with Gasteiger partial charge in [-0.25, -0.2) is 13.2 Å². The smallest absolute Gasteiger partial charge is 0.358 e. The molecule has 1 aliphatic rings. The molecule has 0 bridgehead atoms. The first-order valence-electron chi connectivity index (χ1n) is 6.21. The predicted molar refractivity (Wildman–Crippen MR) is 77.0 cm³/mol. The summed E-state index contributed by atoms with van der Waals surface area (Å²) in [7, 11) is -2.97. The maximum atomic E-state index is 11.1. The highest BCUT2D eigenvalue weighted by molar-refractivity contribution is 7.92. The number of halogens is 1. The second-order valence-corrected chi connectivity index (χ2v) is 7.40. The van der Waals surface area contributed by atoms with E-state index in [-0.39, 0.29) is 28.0 Å². The zero-order valence-corrected chi connectivity index (χ0v) is 12.6. The normalized spacial score (nSPS) is 17.0. The summed E-state index contributed by atoms with van der Waals surface area (Å²) in [6.45, 7) is 0. The number of nitrogens with zero attached hydrogens (tertiary/aromatic N) is 1. The van der Waals surface area contributed by atoms with Crippen molar-refractivity contribution in [3.8, 4) is 17.1 Å². The molecule has 0 atom stereocenters. The van der Waals surface area contributed by atoms with E-state index in [2.05, 4.69) is 5.16 Å². The van der Waals surface area contributed by atoms with Crippen molar-refractivity contribution in [2.24, 2.45) is 0 Å². The fraction of sp³-hybridized carbons (Fsp3) is 0.231. The molecule has 2 aromatic rings. The van der Waals surface area contributed by atoms with Gasteiger partial charge in [-0.1, -0.05) is 16.8 Å². The molecule has 116 valence electrons. The number of carboxylic acids is 1. The van der Waals surface area contributed by atoms with Gasteiger partial charge in [-0.3, -0.25) is 0 Å². The Balaban J connectivity index is 1.78. The maximum absolute atomic E-state index is 11.1. The lowest BCUT2D eigenvalue weighted by Gasteiger charge is -2.26. The van der Waals surface area contributed by atoms with Gasteiger partial charge < -0.3 is 14.4 Å². The van der Waals surface area contributed by atoms with Crippen LogP contribution in [0.4, 0.5) is 0 Å². The van der Waals surface area contributed by atoms with Gasteiger partial charge >= 0.3 is 5.97 Å². The standard InChI is InChI=1S/C13H10ClNO6S/c14-9-3-7(12-4-10(13(16)17)15-21-12)1-2-11(9)20-8-5-22(18,19)6-8/h1-4,8H,5-6H2,(H,16,17). The van der Waals surface area contributed by atoms with Crippen LogP contribution in [0.2, 0.25) is 5.02 Å². The highest BCUT2D eigenvalue weighted by atomic mass is 35.5. The van der Waals surface area contributed by atoms with Gasteiger partial charge in [-0.2, -0.15) is 0 Å². The summed E-state index contributed by atoms with van der Waals surface area (Å²) in [4.78, 5) is 10.8. The Kier molecular flexibility index (Phi) is 3.57. The van der Waals surface area contributed by atoms with E-state index in [0.29, 0.717) is 11.3 Å². The molecule has 22 heavy (non-hydrogen) atoms. The average molecular weight is 344 g/mol. The molecule has 0 spiro atoms. The number of aromatic carboxylic acids is 1. The Hall–Kier alpha value is -2.06. The molecular weight excluding hydrogens is 334 g/mol. The SMILES string of the molecule is O=C(O)c1cc(-c2ccc(OC3CS(=O)(=O)C3)c(Cl)c2)on1. The van der Waals surface area contributed by atoms with Gasteiger partial charge in [0.05, 0.1) is 16.5 Å². The molecule has 0 unspecified atom stereocenters. The number of sulfone groups is 1. The fourth-order valence-corrected chi connectivity index (χ4v) is 3.42. The molecule has 1 fully saturated rings. The van der Waals surface area contributed by atoms with Crippen LogP contribution in [0.1, 0.15) is 10.5 Å². The van der Waals surface area contributed by atoms with Crippen LogP contribution in [0.3, 0.4) is 0 Å². The van der Waals surface area contributed by atoms with Gasteiger partial charge in [0.25, 0.3) is 0 Å². The summed E-state index contributed by atoms with van der Waals surface area (Å²) >= 11 is 6.09. The molecule has 0 radical (unpaired) electrons. The van der Waals surface area contributed by atoms with Gasteiger partial charge in [-0.05, 0) is 18.2 Å². The summed E-state index contributed by atoms with van der Waals surface area (Å²) in [5, 5.41) is 12.5. The summed E-state index contributed by atoms with van der Waals surface area (Å²) in [5.41, 5.74) is 0.338. The number of hydrogen-bond donors (Lipinski definition) is 1. The van der Waals surface area contributed by atoms with Crippen molar-refractivity contribution < 1.29 is 27.6 Å².